The second-order valence-corrected chi connectivity index (χ2v) is 7.21. The largest absolute Gasteiger partial charge is 0.491 e. The zero-order valence-electron chi connectivity index (χ0n) is 16.0. The van der Waals surface area contributed by atoms with E-state index >= 15 is 0 Å². The number of hydrogen-bond donors (Lipinski definition) is 1. The molecule has 4 rings (SSSR count). The van der Waals surface area contributed by atoms with Crippen LogP contribution >= 0.6 is 0 Å². The first kappa shape index (κ1) is 17.3. The molecule has 0 unspecified atom stereocenters. The highest BCUT2D eigenvalue weighted by molar-refractivity contribution is 5.92. The monoisotopic (exact) mass is 356 g/mol. The number of likely N-dealkylation sites (tertiary alicyclic amines) is 1. The molecular weight excluding hydrogens is 328 g/mol. The predicted molar refractivity (Wildman–Crippen MR) is 103 cm³/mol. The van der Waals surface area contributed by atoms with E-state index in [1.165, 1.54) is 30.6 Å². The topological polar surface area (TPSA) is 59.5 Å². The van der Waals surface area contributed by atoms with Crippen molar-refractivity contribution in [1.82, 2.24) is 14.9 Å². The molecule has 0 radical (unpaired) electrons. The minimum atomic E-state index is 0.453. The van der Waals surface area contributed by atoms with Gasteiger partial charge in [0, 0.05) is 24.3 Å². The third kappa shape index (κ3) is 3.07. The van der Waals surface area contributed by atoms with Gasteiger partial charge in [-0.1, -0.05) is 6.92 Å². The summed E-state index contributed by atoms with van der Waals surface area (Å²) in [5, 5.41) is 3.84. The van der Waals surface area contributed by atoms with Gasteiger partial charge in [-0.2, -0.15) is 0 Å². The molecular formula is C20H28N4O2. The maximum atomic E-state index is 5.44. The number of piperidine rings is 1. The van der Waals surface area contributed by atoms with Crippen molar-refractivity contribution in [2.45, 2.75) is 45.1 Å². The standard InChI is InChI=1S/C20H28N4O2/c1-4-24-10-6-7-13(12-24)21-18-14-8-5-9-15(14)22-16-11-17(25-2)20(26-3)23-19(16)18/h11,13H,4-10,12H2,1-3H3,(H,21,22)/t13-/m1/s1. The predicted octanol–water partition coefficient (Wildman–Crippen LogP) is 3.03. The van der Waals surface area contributed by atoms with Gasteiger partial charge < -0.3 is 19.7 Å². The molecule has 0 saturated carbocycles. The van der Waals surface area contributed by atoms with Gasteiger partial charge in [0.15, 0.2) is 5.75 Å². The average molecular weight is 356 g/mol. The van der Waals surface area contributed by atoms with Crippen molar-refractivity contribution in [3.63, 3.8) is 0 Å². The van der Waals surface area contributed by atoms with Crippen LogP contribution in [0.3, 0.4) is 0 Å². The summed E-state index contributed by atoms with van der Waals surface area (Å²) in [5.41, 5.74) is 5.49. The number of likely N-dealkylation sites (N-methyl/N-ethyl adjacent to an activating group) is 1. The number of aryl methyl sites for hydroxylation is 1. The van der Waals surface area contributed by atoms with Gasteiger partial charge >= 0.3 is 0 Å². The highest BCUT2D eigenvalue weighted by Crippen LogP contribution is 2.37. The Kier molecular flexibility index (Phi) is 4.85. The maximum Gasteiger partial charge on any atom is 0.257 e. The molecule has 6 heteroatoms. The van der Waals surface area contributed by atoms with E-state index in [2.05, 4.69) is 17.1 Å². The SMILES string of the molecule is CCN1CCC[C@@H](Nc2c3c(nc4cc(OC)c(OC)nc24)CCC3)C1. The van der Waals surface area contributed by atoms with Crippen LogP contribution in [-0.2, 0) is 12.8 Å². The summed E-state index contributed by atoms with van der Waals surface area (Å²) in [6.45, 7) is 5.63. The minimum Gasteiger partial charge on any atom is -0.491 e. The normalized spacial score (nSPS) is 20.2. The smallest absolute Gasteiger partial charge is 0.257 e. The molecule has 2 aromatic rings. The van der Waals surface area contributed by atoms with E-state index in [1.807, 2.05) is 6.07 Å². The lowest BCUT2D eigenvalue weighted by atomic mass is 10.0. The van der Waals surface area contributed by atoms with Crippen LogP contribution in [0.25, 0.3) is 11.0 Å². The van der Waals surface area contributed by atoms with E-state index in [-0.39, 0.29) is 0 Å². The number of nitrogens with zero attached hydrogens (tertiary/aromatic N) is 3. The lowest BCUT2D eigenvalue weighted by Crippen LogP contribution is -2.42. The van der Waals surface area contributed by atoms with Crippen molar-refractivity contribution in [2.24, 2.45) is 0 Å². The summed E-state index contributed by atoms with van der Waals surface area (Å²) in [7, 11) is 3.27. The Morgan fingerprint density at radius 3 is 2.85 bits per heavy atom. The van der Waals surface area contributed by atoms with Gasteiger partial charge in [0.1, 0.15) is 5.52 Å². The zero-order valence-corrected chi connectivity index (χ0v) is 16.0. The molecule has 1 N–H and O–H groups in total. The van der Waals surface area contributed by atoms with E-state index < -0.39 is 0 Å². The lowest BCUT2D eigenvalue weighted by molar-refractivity contribution is 0.227. The van der Waals surface area contributed by atoms with E-state index in [0.717, 1.165) is 49.1 Å². The number of ether oxygens (including phenoxy) is 2. The molecule has 0 spiro atoms. The molecule has 0 aromatic carbocycles. The third-order valence-corrected chi connectivity index (χ3v) is 5.63. The van der Waals surface area contributed by atoms with Crippen LogP contribution in [0.15, 0.2) is 6.07 Å². The molecule has 2 aromatic heterocycles. The van der Waals surface area contributed by atoms with Gasteiger partial charge in [0.2, 0.25) is 0 Å². The maximum absolute atomic E-state index is 5.44. The minimum absolute atomic E-state index is 0.453. The summed E-state index contributed by atoms with van der Waals surface area (Å²) in [6, 6.07) is 2.40. The number of fused-ring (bicyclic) bond motifs is 2. The lowest BCUT2D eigenvalue weighted by Gasteiger charge is -2.33. The molecule has 2 aliphatic rings. The molecule has 1 saturated heterocycles. The van der Waals surface area contributed by atoms with Crippen LogP contribution in [0.4, 0.5) is 5.69 Å². The van der Waals surface area contributed by atoms with Gasteiger partial charge in [-0.15, -0.1) is 0 Å². The molecule has 1 fully saturated rings. The van der Waals surface area contributed by atoms with Crippen LogP contribution in [0, 0.1) is 0 Å². The number of nitrogens with one attached hydrogen (secondary N) is 1. The van der Waals surface area contributed by atoms with Crippen LogP contribution in [0.2, 0.25) is 0 Å². The van der Waals surface area contributed by atoms with Crippen molar-refractivity contribution >= 4 is 16.7 Å². The summed E-state index contributed by atoms with van der Waals surface area (Å²) < 4.78 is 10.9. The molecule has 1 aliphatic carbocycles. The Labute approximate surface area is 154 Å². The summed E-state index contributed by atoms with van der Waals surface area (Å²) in [6.07, 6.45) is 5.71. The van der Waals surface area contributed by atoms with E-state index in [1.54, 1.807) is 14.2 Å². The van der Waals surface area contributed by atoms with Gasteiger partial charge in [-0.25, -0.2) is 4.98 Å². The van der Waals surface area contributed by atoms with E-state index in [9.17, 15) is 0 Å². The van der Waals surface area contributed by atoms with Crippen molar-refractivity contribution in [1.29, 1.82) is 0 Å². The molecule has 1 aliphatic heterocycles. The molecule has 3 heterocycles. The molecule has 26 heavy (non-hydrogen) atoms. The second-order valence-electron chi connectivity index (χ2n) is 7.21. The molecule has 6 nitrogen and oxygen atoms in total. The number of aromatic nitrogens is 2. The van der Waals surface area contributed by atoms with E-state index in [0.29, 0.717) is 17.7 Å². The molecule has 0 bridgehead atoms. The summed E-state index contributed by atoms with van der Waals surface area (Å²) >= 11 is 0. The molecule has 0 amide bonds. The van der Waals surface area contributed by atoms with Crippen molar-refractivity contribution in [3.05, 3.63) is 17.3 Å². The van der Waals surface area contributed by atoms with Crippen molar-refractivity contribution in [2.75, 3.05) is 39.2 Å². The average Bonchev–Trinajstić information content (AvgIpc) is 3.15. The van der Waals surface area contributed by atoms with Crippen molar-refractivity contribution < 1.29 is 9.47 Å². The second kappa shape index (κ2) is 7.27. The Hall–Kier alpha value is -2.08. The summed E-state index contributed by atoms with van der Waals surface area (Å²) in [5.74, 6) is 1.15. The summed E-state index contributed by atoms with van der Waals surface area (Å²) in [4.78, 5) is 12.2. The molecule has 1 atom stereocenters. The zero-order chi connectivity index (χ0) is 18.1. The van der Waals surface area contributed by atoms with E-state index in [4.69, 9.17) is 19.4 Å². The number of methoxy groups -OCH3 is 2. The van der Waals surface area contributed by atoms with Crippen LogP contribution < -0.4 is 14.8 Å². The fourth-order valence-electron chi connectivity index (χ4n) is 4.26. The first-order valence-corrected chi connectivity index (χ1v) is 9.66. The third-order valence-electron chi connectivity index (χ3n) is 5.63. The first-order valence-electron chi connectivity index (χ1n) is 9.66. The highest BCUT2D eigenvalue weighted by Gasteiger charge is 2.25. The van der Waals surface area contributed by atoms with Crippen molar-refractivity contribution in [3.8, 4) is 11.6 Å². The van der Waals surface area contributed by atoms with Crippen LogP contribution in [0.1, 0.15) is 37.4 Å². The Bertz CT molecular complexity index is 808. The quantitative estimate of drug-likeness (QED) is 0.889. The number of rotatable bonds is 5. The fourth-order valence-corrected chi connectivity index (χ4v) is 4.26. The Balaban J connectivity index is 1.78. The van der Waals surface area contributed by atoms with Crippen LogP contribution in [-0.4, -0.2) is 54.8 Å². The Morgan fingerprint density at radius 1 is 1.19 bits per heavy atom. The number of anilines is 1. The fraction of sp³-hybridized carbons (Fsp3) is 0.600. The molecule has 140 valence electrons. The van der Waals surface area contributed by atoms with Gasteiger partial charge in [0.05, 0.1) is 25.4 Å². The first-order chi connectivity index (χ1) is 12.7. The van der Waals surface area contributed by atoms with Gasteiger partial charge in [-0.05, 0) is 50.8 Å². The Morgan fingerprint density at radius 2 is 2.08 bits per heavy atom. The number of hydrogen-bond acceptors (Lipinski definition) is 6. The van der Waals surface area contributed by atoms with Crippen LogP contribution in [0.5, 0.6) is 11.6 Å². The highest BCUT2D eigenvalue weighted by atomic mass is 16.5. The number of pyridine rings is 2. The van der Waals surface area contributed by atoms with Gasteiger partial charge in [0.25, 0.3) is 5.88 Å². The van der Waals surface area contributed by atoms with Gasteiger partial charge in [-0.3, -0.25) is 4.98 Å².